The van der Waals surface area contributed by atoms with Gasteiger partial charge in [0.15, 0.2) is 11.6 Å². The van der Waals surface area contributed by atoms with Gasteiger partial charge in [-0.05, 0) is 22.0 Å². The van der Waals surface area contributed by atoms with E-state index in [2.05, 4.69) is 21.2 Å². The van der Waals surface area contributed by atoms with E-state index in [-0.39, 0.29) is 56.3 Å². The molecule has 0 aromatic heterocycles. The maximum absolute atomic E-state index is 12.8. The van der Waals surface area contributed by atoms with Crippen molar-refractivity contribution in [1.82, 2.24) is 0 Å². The molecule has 2 aromatic rings. The Bertz CT molecular complexity index is 986. The predicted molar refractivity (Wildman–Crippen MR) is 98.0 cm³/mol. The van der Waals surface area contributed by atoms with Crippen LogP contribution < -0.4 is 5.32 Å². The third-order valence-electron chi connectivity index (χ3n) is 3.94. The molecule has 0 fully saturated rings. The van der Waals surface area contributed by atoms with Crippen LogP contribution in [-0.4, -0.2) is 28.5 Å². The summed E-state index contributed by atoms with van der Waals surface area (Å²) in [4.78, 5) is 48.0. The maximum Gasteiger partial charge on any atom is 0.303 e. The lowest BCUT2D eigenvalue weighted by Crippen LogP contribution is -2.23. The van der Waals surface area contributed by atoms with Gasteiger partial charge in [-0.1, -0.05) is 35.9 Å². The zero-order valence-electron chi connectivity index (χ0n) is 13.1. The van der Waals surface area contributed by atoms with Crippen molar-refractivity contribution in [3.8, 4) is 0 Å². The number of carboxylic acids is 1. The first-order valence-corrected chi connectivity index (χ1v) is 8.70. The van der Waals surface area contributed by atoms with Crippen molar-refractivity contribution in [1.29, 1.82) is 0 Å². The second-order valence-corrected chi connectivity index (χ2v) is 6.82. The molecular formula is C18H11BrClNO5. The molecule has 132 valence electrons. The van der Waals surface area contributed by atoms with Gasteiger partial charge in [-0.25, -0.2) is 0 Å². The smallest absolute Gasteiger partial charge is 0.303 e. The van der Waals surface area contributed by atoms with Gasteiger partial charge in [-0.2, -0.15) is 0 Å². The van der Waals surface area contributed by atoms with Crippen LogP contribution in [-0.2, 0) is 9.59 Å². The minimum Gasteiger partial charge on any atom is -0.481 e. The highest BCUT2D eigenvalue weighted by Crippen LogP contribution is 2.40. The third-order valence-corrected chi connectivity index (χ3v) is 5.03. The van der Waals surface area contributed by atoms with Crippen molar-refractivity contribution in [2.75, 3.05) is 5.32 Å². The summed E-state index contributed by atoms with van der Waals surface area (Å²) in [5.41, 5.74) is 0.962. The van der Waals surface area contributed by atoms with Gasteiger partial charge in [0.2, 0.25) is 5.91 Å². The van der Waals surface area contributed by atoms with Crippen LogP contribution in [0.1, 0.15) is 44.7 Å². The zero-order chi connectivity index (χ0) is 19.0. The van der Waals surface area contributed by atoms with E-state index < -0.39 is 11.9 Å². The van der Waals surface area contributed by atoms with Crippen LogP contribution in [0.5, 0.6) is 0 Å². The predicted octanol–water partition coefficient (Wildman–Crippen LogP) is 3.68. The quantitative estimate of drug-likeness (QED) is 0.650. The molecule has 0 aliphatic heterocycles. The number of carboxylic acid groups (broad SMARTS) is 1. The van der Waals surface area contributed by atoms with Gasteiger partial charge in [-0.3, -0.25) is 19.2 Å². The summed E-state index contributed by atoms with van der Waals surface area (Å²) in [6.07, 6.45) is -0.582. The molecule has 1 amide bonds. The summed E-state index contributed by atoms with van der Waals surface area (Å²) >= 11 is 9.45. The van der Waals surface area contributed by atoms with Crippen LogP contribution >= 0.6 is 27.5 Å². The van der Waals surface area contributed by atoms with E-state index in [1.165, 1.54) is 6.07 Å². The highest BCUT2D eigenvalue weighted by Gasteiger charge is 2.33. The van der Waals surface area contributed by atoms with Crippen LogP contribution in [0.3, 0.4) is 0 Å². The van der Waals surface area contributed by atoms with Crippen molar-refractivity contribution in [3.63, 3.8) is 0 Å². The molecule has 1 aliphatic carbocycles. The number of carbonyl (C=O) groups is 4. The highest BCUT2D eigenvalue weighted by atomic mass is 79.9. The number of nitrogens with one attached hydrogen (secondary N) is 1. The molecule has 0 heterocycles. The Hall–Kier alpha value is -2.51. The normalized spacial score (nSPS) is 12.4. The van der Waals surface area contributed by atoms with E-state index >= 15 is 0 Å². The number of rotatable bonds is 4. The molecule has 6 nitrogen and oxygen atoms in total. The Morgan fingerprint density at radius 2 is 1.65 bits per heavy atom. The second-order valence-electron chi connectivity index (χ2n) is 5.62. The van der Waals surface area contributed by atoms with Gasteiger partial charge in [-0.15, -0.1) is 0 Å². The number of benzene rings is 2. The summed E-state index contributed by atoms with van der Waals surface area (Å²) in [5, 5.41) is 11.2. The summed E-state index contributed by atoms with van der Waals surface area (Å²) in [7, 11) is 0. The van der Waals surface area contributed by atoms with Crippen molar-refractivity contribution < 1.29 is 24.3 Å². The number of halogens is 2. The van der Waals surface area contributed by atoms with Crippen molar-refractivity contribution in [3.05, 3.63) is 62.1 Å². The van der Waals surface area contributed by atoms with Crippen molar-refractivity contribution in [2.45, 2.75) is 12.8 Å². The molecule has 2 N–H and O–H groups in total. The van der Waals surface area contributed by atoms with E-state index in [9.17, 15) is 19.2 Å². The van der Waals surface area contributed by atoms with Gasteiger partial charge in [0.1, 0.15) is 0 Å². The van der Waals surface area contributed by atoms with Gasteiger partial charge < -0.3 is 10.4 Å². The van der Waals surface area contributed by atoms with Crippen molar-refractivity contribution >= 4 is 56.7 Å². The van der Waals surface area contributed by atoms with Gasteiger partial charge in [0.25, 0.3) is 0 Å². The number of amides is 1. The van der Waals surface area contributed by atoms with E-state index in [1.54, 1.807) is 24.3 Å². The summed E-state index contributed by atoms with van der Waals surface area (Å²) < 4.78 is 0.191. The average Bonchev–Trinajstić information content (AvgIpc) is 2.61. The lowest BCUT2D eigenvalue weighted by atomic mass is 9.84. The minimum atomic E-state index is -1.10. The molecule has 26 heavy (non-hydrogen) atoms. The largest absolute Gasteiger partial charge is 0.481 e. The average molecular weight is 437 g/mol. The highest BCUT2D eigenvalue weighted by molar-refractivity contribution is 9.10. The second kappa shape index (κ2) is 7.01. The molecule has 0 atom stereocenters. The maximum atomic E-state index is 12.8. The SMILES string of the molecule is O=C(O)CCC(=O)Nc1c(Cl)cc2c(c1Br)C(=O)c1ccccc1C2=O. The molecule has 0 saturated carbocycles. The molecule has 0 spiro atoms. The monoisotopic (exact) mass is 435 g/mol. The van der Waals surface area contributed by atoms with Gasteiger partial charge >= 0.3 is 5.97 Å². The number of hydrogen-bond donors (Lipinski definition) is 2. The molecule has 3 rings (SSSR count). The summed E-state index contributed by atoms with van der Waals surface area (Å²) in [6, 6.07) is 7.80. The van der Waals surface area contributed by atoms with Gasteiger partial charge in [0.05, 0.1) is 27.2 Å². The van der Waals surface area contributed by atoms with E-state index in [4.69, 9.17) is 16.7 Å². The zero-order valence-corrected chi connectivity index (χ0v) is 15.5. The number of fused-ring (bicyclic) bond motifs is 2. The van der Waals surface area contributed by atoms with Crippen molar-refractivity contribution in [2.24, 2.45) is 0 Å². The number of ketones is 2. The van der Waals surface area contributed by atoms with Gasteiger partial charge in [0, 0.05) is 23.1 Å². The fourth-order valence-electron chi connectivity index (χ4n) is 2.72. The molecule has 0 unspecified atom stereocenters. The Kier molecular flexibility index (Phi) is 4.93. The van der Waals surface area contributed by atoms with Crippen LogP contribution in [0.25, 0.3) is 0 Å². The third kappa shape index (κ3) is 3.15. The molecule has 0 radical (unpaired) electrons. The fourth-order valence-corrected chi connectivity index (χ4v) is 3.79. The molecule has 1 aliphatic rings. The number of hydrogen-bond acceptors (Lipinski definition) is 4. The number of carbonyl (C=O) groups excluding carboxylic acids is 3. The van der Waals surface area contributed by atoms with E-state index in [1.807, 2.05) is 0 Å². The first kappa shape index (κ1) is 18.3. The Balaban J connectivity index is 2.04. The van der Waals surface area contributed by atoms with Crippen LogP contribution in [0.15, 0.2) is 34.8 Å². The topological polar surface area (TPSA) is 101 Å². The molecule has 0 saturated heterocycles. The fraction of sp³-hybridized carbons (Fsp3) is 0.111. The first-order chi connectivity index (χ1) is 12.3. The minimum absolute atomic E-state index is 0.0693. The lowest BCUT2D eigenvalue weighted by molar-refractivity contribution is -0.138. The number of aliphatic carboxylic acids is 1. The Morgan fingerprint density at radius 1 is 1.04 bits per heavy atom. The molecular weight excluding hydrogens is 426 g/mol. The van der Waals surface area contributed by atoms with E-state index in [0.29, 0.717) is 5.56 Å². The number of anilines is 1. The lowest BCUT2D eigenvalue weighted by Gasteiger charge is -2.21. The summed E-state index contributed by atoms with van der Waals surface area (Å²) in [6.45, 7) is 0. The molecule has 8 heteroatoms. The first-order valence-electron chi connectivity index (χ1n) is 7.53. The standard InChI is InChI=1S/C18H11BrClNO5/c19-15-14-10(17(25)8-3-1-2-4-9(8)18(14)26)7-11(20)16(15)21-12(22)5-6-13(23)24/h1-4,7H,5-6H2,(H,21,22)(H,23,24). The van der Waals surface area contributed by atoms with Crippen LogP contribution in [0.4, 0.5) is 5.69 Å². The van der Waals surface area contributed by atoms with Crippen LogP contribution in [0, 0.1) is 0 Å². The Labute approximate surface area is 161 Å². The van der Waals surface area contributed by atoms with Crippen LogP contribution in [0.2, 0.25) is 5.02 Å². The summed E-state index contributed by atoms with van der Waals surface area (Å²) in [5.74, 6) is -2.36. The van der Waals surface area contributed by atoms with E-state index in [0.717, 1.165) is 0 Å². The Morgan fingerprint density at radius 3 is 2.27 bits per heavy atom. The molecule has 2 aromatic carbocycles. The molecule has 0 bridgehead atoms.